The molecule has 0 saturated heterocycles. The quantitative estimate of drug-likeness (QED) is 0.0850. The van der Waals surface area contributed by atoms with Crippen LogP contribution in [0.5, 0.6) is 11.8 Å². The molecule has 0 unspecified atom stereocenters. The molecule has 0 fully saturated rings. The van der Waals surface area contributed by atoms with E-state index in [2.05, 4.69) is 20.3 Å². The van der Waals surface area contributed by atoms with Gasteiger partial charge in [0.05, 0.1) is 51.5 Å². The number of nitrogens with one attached hydrogen (secondary N) is 2. The number of aromatic carboxylic acids is 1. The Kier molecular flexibility index (Phi) is 18.7. The topological polar surface area (TPSA) is 240 Å². The molecule has 2 aromatic heterocycles. The lowest BCUT2D eigenvalue weighted by molar-refractivity contribution is -0.144. The lowest BCUT2D eigenvalue weighted by Gasteiger charge is -2.15. The van der Waals surface area contributed by atoms with Gasteiger partial charge in [0.2, 0.25) is 5.95 Å². The molecule has 5 rings (SSSR count). The summed E-state index contributed by atoms with van der Waals surface area (Å²) in [5, 5.41) is 11.2. The number of halogens is 9. The van der Waals surface area contributed by atoms with Crippen molar-refractivity contribution >= 4 is 68.7 Å². The molecule has 0 aliphatic heterocycles. The van der Waals surface area contributed by atoms with Gasteiger partial charge in [0.1, 0.15) is 17.1 Å². The van der Waals surface area contributed by atoms with E-state index in [1.165, 1.54) is 63.6 Å². The summed E-state index contributed by atoms with van der Waals surface area (Å²) in [4.78, 5) is 70.1. The molecular formula is C39H36Cl3F6N7O11S. The molecule has 0 atom stereocenters. The summed E-state index contributed by atoms with van der Waals surface area (Å²) in [6, 6.07) is 10.6. The van der Waals surface area contributed by atoms with Gasteiger partial charge in [0.15, 0.2) is 5.75 Å². The number of amides is 2. The van der Waals surface area contributed by atoms with Crippen molar-refractivity contribution in [2.75, 3.05) is 19.5 Å². The standard InChI is InChI=1S/C16H14ClF3N2O4.C15H16F3N5O4S.C8H6Cl2O3/c1-8(2)26-14(24)10-6-9(4-5-11(10)17)22-13(23)7-12(16(18,19)20)21(3)15(22)25;1-9-19-12(22-14(20-9)27-2)21-13(24)23-28(25,26)11-6-4-3-5-10(11)7-8-15(16,17)18;1-13-7-5(10)3-2-4(9)6(7)8(11)12/h4-8H,1-3H3;3-6H,7-8H2,1-2H3,(H2,19,20,21,22,23,24);2-3H,1H3,(H,11,12). The van der Waals surface area contributed by atoms with Crippen LogP contribution in [0.15, 0.2) is 75.1 Å². The van der Waals surface area contributed by atoms with Gasteiger partial charge in [-0.1, -0.05) is 53.0 Å². The number of sulfonamides is 1. The predicted octanol–water partition coefficient (Wildman–Crippen LogP) is 7.67. The molecule has 0 saturated carbocycles. The zero-order valence-electron chi connectivity index (χ0n) is 35.3. The normalized spacial score (nSPS) is 11.3. The molecule has 0 aliphatic carbocycles. The van der Waals surface area contributed by atoms with Crippen LogP contribution in [0.1, 0.15) is 58.1 Å². The van der Waals surface area contributed by atoms with Crippen molar-refractivity contribution in [3.05, 3.63) is 125 Å². The maximum absolute atomic E-state index is 12.9. The van der Waals surface area contributed by atoms with Crippen LogP contribution in [0, 0.1) is 6.92 Å². The number of ether oxygens (including phenoxy) is 3. The number of esters is 1. The molecule has 18 nitrogen and oxygen atoms in total. The Labute approximate surface area is 390 Å². The van der Waals surface area contributed by atoms with E-state index in [0.717, 1.165) is 19.2 Å². The molecule has 5 aromatic rings. The van der Waals surface area contributed by atoms with Gasteiger partial charge in [-0.3, -0.25) is 14.7 Å². The first kappa shape index (κ1) is 54.9. The average molecular weight is 1030 g/mol. The lowest BCUT2D eigenvalue weighted by atomic mass is 10.1. The summed E-state index contributed by atoms with van der Waals surface area (Å²) >= 11 is 17.3. The van der Waals surface area contributed by atoms with E-state index in [4.69, 9.17) is 54.1 Å². The molecule has 2 amide bonds. The Bertz CT molecular complexity index is 2880. The van der Waals surface area contributed by atoms with Gasteiger partial charge in [-0.25, -0.2) is 36.9 Å². The number of carboxylic acid groups (broad SMARTS) is 1. The number of hydrogen-bond acceptors (Lipinski definition) is 13. The summed E-state index contributed by atoms with van der Waals surface area (Å²) in [5.41, 5.74) is -4.19. The summed E-state index contributed by atoms with van der Waals surface area (Å²) in [5.74, 6) is -1.92. The zero-order chi connectivity index (χ0) is 50.8. The number of benzene rings is 3. The van der Waals surface area contributed by atoms with E-state index >= 15 is 0 Å². The first-order chi connectivity index (χ1) is 31.0. The Morgan fingerprint density at radius 1 is 0.866 bits per heavy atom. The van der Waals surface area contributed by atoms with Crippen LogP contribution in [0.25, 0.3) is 5.69 Å². The number of anilines is 1. The van der Waals surface area contributed by atoms with Crippen molar-refractivity contribution in [2.24, 2.45) is 7.05 Å². The van der Waals surface area contributed by atoms with E-state index in [9.17, 15) is 58.7 Å². The number of hydrogen-bond donors (Lipinski definition) is 3. The highest BCUT2D eigenvalue weighted by Gasteiger charge is 2.35. The highest BCUT2D eigenvalue weighted by atomic mass is 35.5. The van der Waals surface area contributed by atoms with E-state index in [0.29, 0.717) is 15.2 Å². The number of rotatable bonds is 11. The van der Waals surface area contributed by atoms with Crippen molar-refractivity contribution in [1.29, 1.82) is 0 Å². The van der Waals surface area contributed by atoms with Gasteiger partial charge in [0, 0.05) is 19.5 Å². The van der Waals surface area contributed by atoms with Gasteiger partial charge < -0.3 is 19.3 Å². The number of urea groups is 1. The van der Waals surface area contributed by atoms with Gasteiger partial charge in [-0.2, -0.15) is 41.3 Å². The van der Waals surface area contributed by atoms with Crippen LogP contribution in [0.2, 0.25) is 15.1 Å². The summed E-state index contributed by atoms with van der Waals surface area (Å²) in [7, 11) is -0.912. The predicted molar refractivity (Wildman–Crippen MR) is 229 cm³/mol. The van der Waals surface area contributed by atoms with Crippen LogP contribution in [-0.4, -0.2) is 82.1 Å². The smallest absolute Gasteiger partial charge is 0.431 e. The van der Waals surface area contributed by atoms with Gasteiger partial charge in [-0.05, 0) is 69.2 Å². The third-order valence-corrected chi connectivity index (χ3v) is 10.5. The molecule has 28 heteroatoms. The molecule has 3 N–H and O–H groups in total. The van der Waals surface area contributed by atoms with Crippen LogP contribution in [0.3, 0.4) is 0 Å². The molecule has 2 heterocycles. The fourth-order valence-corrected chi connectivity index (χ4v) is 7.15. The number of alkyl halides is 6. The van der Waals surface area contributed by atoms with Crippen LogP contribution in [0.4, 0.5) is 37.1 Å². The first-order valence-electron chi connectivity index (χ1n) is 18.4. The van der Waals surface area contributed by atoms with E-state index < -0.39 is 81.1 Å². The Balaban J connectivity index is 0.000000283. The average Bonchev–Trinajstić information content (AvgIpc) is 3.21. The summed E-state index contributed by atoms with van der Waals surface area (Å²) in [6.45, 7) is 4.73. The highest BCUT2D eigenvalue weighted by molar-refractivity contribution is 7.90. The number of aromatic nitrogens is 5. The fourth-order valence-electron chi connectivity index (χ4n) is 5.31. The van der Waals surface area contributed by atoms with Crippen molar-refractivity contribution < 1.29 is 68.5 Å². The number of methoxy groups -OCH3 is 2. The van der Waals surface area contributed by atoms with Gasteiger partial charge in [0.25, 0.3) is 15.6 Å². The summed E-state index contributed by atoms with van der Waals surface area (Å²) in [6.07, 6.45) is -11.5. The van der Waals surface area contributed by atoms with E-state index in [1.807, 2.05) is 0 Å². The Morgan fingerprint density at radius 2 is 1.48 bits per heavy atom. The fraction of sp³-hybridized carbons (Fsp3) is 0.282. The second-order valence-corrected chi connectivity index (χ2v) is 16.3. The minimum absolute atomic E-state index is 0.0104. The SMILES string of the molecule is CC(C)OC(=O)c1cc(-n2c(=O)cc(C(F)(F)F)n(C)c2=O)ccc1Cl.COc1c(Cl)ccc(Cl)c1C(=O)O.COc1nc(C)nc(NC(=O)NS(=O)(=O)c2ccccc2CCC(F)(F)F)n1. The Hall–Kier alpha value is -6.44. The van der Waals surface area contributed by atoms with Crippen LogP contribution < -0.4 is 30.8 Å². The monoisotopic (exact) mass is 1030 g/mol. The maximum atomic E-state index is 12.9. The maximum Gasteiger partial charge on any atom is 0.431 e. The van der Waals surface area contributed by atoms with Crippen molar-refractivity contribution in [3.63, 3.8) is 0 Å². The largest absolute Gasteiger partial charge is 0.494 e. The minimum Gasteiger partial charge on any atom is -0.494 e. The van der Waals surface area contributed by atoms with E-state index in [1.54, 1.807) is 18.6 Å². The van der Waals surface area contributed by atoms with Crippen LogP contribution >= 0.6 is 34.8 Å². The second kappa shape index (κ2) is 22.8. The Morgan fingerprint density at radius 3 is 2.03 bits per heavy atom. The number of aryl methyl sites for hydroxylation is 2. The molecule has 362 valence electrons. The molecule has 3 aromatic carbocycles. The van der Waals surface area contributed by atoms with Crippen molar-refractivity contribution in [2.45, 2.75) is 57.0 Å². The zero-order valence-corrected chi connectivity index (χ0v) is 38.4. The number of carboxylic acids is 1. The molecular weight excluding hydrogens is 995 g/mol. The lowest BCUT2D eigenvalue weighted by Crippen LogP contribution is -2.40. The molecule has 0 bridgehead atoms. The highest BCUT2D eigenvalue weighted by Crippen LogP contribution is 2.34. The molecule has 0 spiro atoms. The third-order valence-electron chi connectivity index (χ3n) is 8.16. The van der Waals surface area contributed by atoms with E-state index in [-0.39, 0.29) is 61.0 Å². The van der Waals surface area contributed by atoms with Crippen molar-refractivity contribution in [1.82, 2.24) is 28.8 Å². The number of carbonyl (C=O) groups is 3. The minimum atomic E-state index is -4.86. The first-order valence-corrected chi connectivity index (χ1v) is 21.0. The van der Waals surface area contributed by atoms with Crippen molar-refractivity contribution in [3.8, 4) is 17.4 Å². The molecule has 67 heavy (non-hydrogen) atoms. The third kappa shape index (κ3) is 15.3. The summed E-state index contributed by atoms with van der Waals surface area (Å²) < 4.78 is 118. The molecule has 0 aliphatic rings. The molecule has 0 radical (unpaired) electrons. The second-order valence-electron chi connectivity index (χ2n) is 13.4. The van der Waals surface area contributed by atoms with Gasteiger partial charge >= 0.3 is 42.0 Å². The van der Waals surface area contributed by atoms with Crippen LogP contribution in [-0.2, 0) is 34.4 Å². The van der Waals surface area contributed by atoms with Gasteiger partial charge in [-0.15, -0.1) is 0 Å². The number of nitrogens with zero attached hydrogens (tertiary/aromatic N) is 5. The number of carbonyl (C=O) groups excluding carboxylic acids is 2.